The van der Waals surface area contributed by atoms with Crippen LogP contribution < -0.4 is 0 Å². The molecule has 4 heavy (non-hydrogen) atoms. The van der Waals surface area contributed by atoms with Crippen molar-refractivity contribution in [3.8, 4) is 0 Å². The Morgan fingerprint density at radius 1 is 1.25 bits per heavy atom. The molecule has 0 aliphatic heterocycles. The number of hydrogen-bond donors (Lipinski definition) is 0. The molecule has 0 aromatic rings. The van der Waals surface area contributed by atoms with E-state index in [1.807, 2.05) is 0 Å². The average molecular weight is 118 g/mol. The first-order valence-corrected chi connectivity index (χ1v) is 2.20. The van der Waals surface area contributed by atoms with Crippen molar-refractivity contribution in [3.63, 3.8) is 0 Å². The normalized spacial score (nSPS) is 2.50. The Hall–Kier alpha value is 2.76. The summed E-state index contributed by atoms with van der Waals surface area (Å²) in [6, 6.07) is 0. The van der Waals surface area contributed by atoms with Crippen molar-refractivity contribution >= 4 is 86.8 Å². The van der Waals surface area contributed by atoms with Gasteiger partial charge in [-0.15, -0.1) is 0 Å². The van der Waals surface area contributed by atoms with E-state index < -0.39 is 35.4 Å². The van der Waals surface area contributed by atoms with E-state index in [0.29, 0.717) is 0 Å². The third kappa shape index (κ3) is 8.83. The van der Waals surface area contributed by atoms with E-state index in [0.717, 1.165) is 0 Å². The van der Waals surface area contributed by atoms with Gasteiger partial charge in [0.2, 0.25) is 0 Å². The van der Waals surface area contributed by atoms with E-state index in [2.05, 4.69) is 0 Å². The second kappa shape index (κ2) is 9.23. The summed E-state index contributed by atoms with van der Waals surface area (Å²) >= 11 is -2.88. The molecule has 0 radical (unpaired) electrons. The summed E-state index contributed by atoms with van der Waals surface area (Å²) in [5, 5.41) is 0. The first-order valence-electron chi connectivity index (χ1n) is 0.535. The fraction of sp³-hybridized carbons (Fsp3) is 0. The fourth-order valence-corrected chi connectivity index (χ4v) is 0. The van der Waals surface area contributed by atoms with Gasteiger partial charge in [-0.05, 0) is 0 Å². The topological polar surface area (TPSA) is 0 Å². The molecular weight excluding hydrogens is 117 g/mol. The Morgan fingerprint density at radius 3 is 1.25 bits per heavy atom. The van der Waals surface area contributed by atoms with Crippen LogP contribution in [0.4, 0.5) is 2.73 Å². The molecule has 0 bridgehead atoms. The molecule has 0 spiro atoms. The van der Waals surface area contributed by atoms with Crippen LogP contribution in [-0.4, -0.2) is 86.8 Å². The standard InChI is InChI=1S/Ca.2FH.K.H/h;2*1H;;/q+2;;;;/p-2. The quantitative estimate of drug-likeness (QED) is 0.387. The Balaban J connectivity index is 0. The molecule has 0 amide bonds. The van der Waals surface area contributed by atoms with Gasteiger partial charge in [-0.3, -0.25) is 0 Å². The zero-order chi connectivity index (χ0) is 2.71. The van der Waals surface area contributed by atoms with Crippen molar-refractivity contribution < 1.29 is 2.73 Å². The van der Waals surface area contributed by atoms with Gasteiger partial charge < -0.3 is 0 Å². The molecule has 0 saturated heterocycles. The monoisotopic (exact) mass is 118 g/mol. The SMILES string of the molecule is [F][Ca][F].[KH]. The molecule has 0 heterocycles. The van der Waals surface area contributed by atoms with E-state index in [1.165, 1.54) is 0 Å². The molecule has 0 aliphatic rings. The van der Waals surface area contributed by atoms with Gasteiger partial charge in [0, 0.05) is 0 Å². The number of halogens is 2. The van der Waals surface area contributed by atoms with E-state index in [4.69, 9.17) is 0 Å². The zero-order valence-corrected chi connectivity index (χ0v) is 3.67. The van der Waals surface area contributed by atoms with Gasteiger partial charge in [0.25, 0.3) is 0 Å². The Bertz CT molecular complexity index is 6.00. The van der Waals surface area contributed by atoms with Gasteiger partial charge in [0.1, 0.15) is 0 Å². The van der Waals surface area contributed by atoms with E-state index >= 15 is 0 Å². The summed E-state index contributed by atoms with van der Waals surface area (Å²) < 4.78 is 19.6. The molecule has 4 heteroatoms. The molecule has 0 saturated carbocycles. The van der Waals surface area contributed by atoms with Crippen LogP contribution in [0.2, 0.25) is 0 Å². The fourth-order valence-electron chi connectivity index (χ4n) is 0. The Morgan fingerprint density at radius 2 is 1.25 bits per heavy atom. The predicted molar refractivity (Wildman–Crippen MR) is 15.1 cm³/mol. The van der Waals surface area contributed by atoms with Gasteiger partial charge >= 0.3 is 89.5 Å². The van der Waals surface area contributed by atoms with Crippen molar-refractivity contribution in [3.05, 3.63) is 0 Å². The minimum absolute atomic E-state index is 0. The van der Waals surface area contributed by atoms with Gasteiger partial charge in [0.05, 0.1) is 0 Å². The maximum atomic E-state index is 9.81. The van der Waals surface area contributed by atoms with Gasteiger partial charge in [-0.2, -0.15) is 0 Å². The van der Waals surface area contributed by atoms with Crippen LogP contribution in [0.5, 0.6) is 0 Å². The Labute approximate surface area is 86.8 Å². The molecule has 0 fully saturated rings. The summed E-state index contributed by atoms with van der Waals surface area (Å²) in [6.45, 7) is 0. The van der Waals surface area contributed by atoms with Gasteiger partial charge in [0.15, 0.2) is 0 Å². The molecular formula is HCaF2K. The van der Waals surface area contributed by atoms with Crippen LogP contribution in [0.25, 0.3) is 0 Å². The van der Waals surface area contributed by atoms with Gasteiger partial charge in [-0.25, -0.2) is 0 Å². The first-order chi connectivity index (χ1) is 1.41. The van der Waals surface area contributed by atoms with E-state index in [9.17, 15) is 2.73 Å². The van der Waals surface area contributed by atoms with Crippen molar-refractivity contribution in [2.24, 2.45) is 0 Å². The maximum absolute atomic E-state index is 9.81. The summed E-state index contributed by atoms with van der Waals surface area (Å²) in [4.78, 5) is 0. The van der Waals surface area contributed by atoms with Gasteiger partial charge in [-0.1, -0.05) is 0 Å². The van der Waals surface area contributed by atoms with Crippen molar-refractivity contribution in [2.75, 3.05) is 0 Å². The molecule has 0 rings (SSSR count). The number of hydrogen-bond acceptors (Lipinski definition) is 0. The Kier molecular flexibility index (Phi) is 22.8. The molecule has 0 nitrogen and oxygen atoms in total. The molecule has 0 aromatic carbocycles. The molecule has 0 N–H and O–H groups in total. The second-order valence-electron chi connectivity index (χ2n) is 0.101. The van der Waals surface area contributed by atoms with Crippen LogP contribution >= 0.6 is 0 Å². The number of rotatable bonds is 0. The molecule has 0 atom stereocenters. The summed E-state index contributed by atoms with van der Waals surface area (Å²) in [5.74, 6) is 0. The first kappa shape index (κ1) is 9.90. The van der Waals surface area contributed by atoms with Crippen LogP contribution in [0.3, 0.4) is 0 Å². The third-order valence-corrected chi connectivity index (χ3v) is 0. The van der Waals surface area contributed by atoms with Crippen molar-refractivity contribution in [2.45, 2.75) is 0 Å². The molecule has 0 aromatic heterocycles. The predicted octanol–water partition coefficient (Wildman–Crippen LogP) is -0.189. The van der Waals surface area contributed by atoms with E-state index in [1.54, 1.807) is 0 Å². The summed E-state index contributed by atoms with van der Waals surface area (Å²) in [7, 11) is 0. The van der Waals surface area contributed by atoms with Crippen LogP contribution in [0.15, 0.2) is 0 Å². The summed E-state index contributed by atoms with van der Waals surface area (Å²) in [5.41, 5.74) is 0. The molecule has 18 valence electrons. The zero-order valence-electron chi connectivity index (χ0n) is 1.46. The summed E-state index contributed by atoms with van der Waals surface area (Å²) in [6.07, 6.45) is 0. The van der Waals surface area contributed by atoms with Crippen molar-refractivity contribution in [1.29, 1.82) is 0 Å². The second-order valence-corrected chi connectivity index (χ2v) is 0.416. The minimum atomic E-state index is -2.88. The molecule has 0 unspecified atom stereocenters. The van der Waals surface area contributed by atoms with Crippen molar-refractivity contribution in [1.82, 2.24) is 0 Å². The molecule has 0 aliphatic carbocycles. The van der Waals surface area contributed by atoms with E-state index in [-0.39, 0.29) is 51.4 Å². The third-order valence-electron chi connectivity index (χ3n) is 0. The van der Waals surface area contributed by atoms with Crippen LogP contribution in [-0.2, 0) is 0 Å². The van der Waals surface area contributed by atoms with Crippen LogP contribution in [0.1, 0.15) is 0 Å². The average Bonchev–Trinajstić information content (AvgIpc) is 0.918. The van der Waals surface area contributed by atoms with Crippen LogP contribution in [0, 0.1) is 0 Å².